The van der Waals surface area contributed by atoms with E-state index in [0.717, 1.165) is 49.9 Å². The largest absolute Gasteiger partial charge is 0.425 e. The summed E-state index contributed by atoms with van der Waals surface area (Å²) in [6.07, 6.45) is 9.59. The van der Waals surface area contributed by atoms with E-state index in [9.17, 15) is 4.79 Å². The number of ether oxygens (including phenoxy) is 1. The van der Waals surface area contributed by atoms with E-state index in [4.69, 9.17) is 4.74 Å². The Hall–Kier alpha value is -1.35. The van der Waals surface area contributed by atoms with Crippen molar-refractivity contribution >= 4 is 5.97 Å². The number of likely N-dealkylation sites (tertiary alicyclic amines) is 1. The molecule has 3 nitrogen and oxygen atoms in total. The third-order valence-corrected chi connectivity index (χ3v) is 7.31. The van der Waals surface area contributed by atoms with Crippen molar-refractivity contribution in [1.29, 1.82) is 0 Å². The van der Waals surface area contributed by atoms with Crippen LogP contribution in [0, 0.1) is 11.8 Å². The lowest BCUT2D eigenvalue weighted by molar-refractivity contribution is -0.141. The van der Waals surface area contributed by atoms with Crippen LogP contribution in [0.4, 0.5) is 0 Å². The van der Waals surface area contributed by atoms with Crippen LogP contribution in [0.15, 0.2) is 18.2 Å². The predicted octanol–water partition coefficient (Wildman–Crippen LogP) is 5.88. The molecule has 3 atom stereocenters. The Morgan fingerprint density at radius 3 is 2.18 bits per heavy atom. The lowest BCUT2D eigenvalue weighted by Crippen LogP contribution is -2.46. The number of hydrogen-bond donors (Lipinski definition) is 0. The molecule has 1 heterocycles. The van der Waals surface area contributed by atoms with Crippen LogP contribution in [0.5, 0.6) is 5.75 Å². The highest BCUT2D eigenvalue weighted by Crippen LogP contribution is 2.50. The van der Waals surface area contributed by atoms with Crippen molar-refractivity contribution in [1.82, 2.24) is 4.90 Å². The fourth-order valence-corrected chi connectivity index (χ4v) is 5.09. The average molecular weight is 384 g/mol. The number of piperidine rings is 1. The Labute approximate surface area is 170 Å². The van der Waals surface area contributed by atoms with Crippen molar-refractivity contribution in [2.75, 3.05) is 13.1 Å². The van der Waals surface area contributed by atoms with Crippen molar-refractivity contribution < 1.29 is 9.53 Å². The van der Waals surface area contributed by atoms with Crippen LogP contribution in [0.3, 0.4) is 0 Å². The lowest BCUT2D eigenvalue weighted by Gasteiger charge is -2.34. The van der Waals surface area contributed by atoms with Gasteiger partial charge in [0.05, 0.1) is 0 Å². The number of esters is 1. The molecule has 3 aliphatic rings. The molecule has 0 N–H and O–H groups in total. The minimum absolute atomic E-state index is 0.0205. The Bertz CT molecular complexity index is 654. The average Bonchev–Trinajstić information content (AvgIpc) is 3.60. The Morgan fingerprint density at radius 2 is 1.64 bits per heavy atom. The maximum Gasteiger partial charge on any atom is 0.328 e. The van der Waals surface area contributed by atoms with Gasteiger partial charge >= 0.3 is 5.97 Å². The first kappa shape index (κ1) is 19.9. The summed E-state index contributed by atoms with van der Waals surface area (Å²) in [5.41, 5.74) is 2.53. The quantitative estimate of drug-likeness (QED) is 0.414. The van der Waals surface area contributed by atoms with Gasteiger partial charge in [0, 0.05) is 0 Å². The van der Waals surface area contributed by atoms with E-state index in [0.29, 0.717) is 11.8 Å². The van der Waals surface area contributed by atoms with E-state index in [1.165, 1.54) is 43.2 Å². The Kier molecular flexibility index (Phi) is 6.10. The fraction of sp³-hybridized carbons (Fsp3) is 0.720. The monoisotopic (exact) mass is 383 g/mol. The number of carbonyl (C=O) groups is 1. The molecule has 2 saturated carbocycles. The van der Waals surface area contributed by atoms with Crippen LogP contribution in [-0.4, -0.2) is 30.0 Å². The van der Waals surface area contributed by atoms with Crippen molar-refractivity contribution in [2.45, 2.75) is 90.0 Å². The third-order valence-electron chi connectivity index (χ3n) is 7.31. The number of para-hydroxylation sites is 1. The highest BCUT2D eigenvalue weighted by Gasteiger charge is 2.37. The molecule has 0 spiro atoms. The van der Waals surface area contributed by atoms with E-state index < -0.39 is 0 Å². The van der Waals surface area contributed by atoms with Gasteiger partial charge in [-0.25, -0.2) is 4.79 Å². The van der Waals surface area contributed by atoms with E-state index in [1.54, 1.807) is 0 Å². The van der Waals surface area contributed by atoms with Gasteiger partial charge in [-0.15, -0.1) is 0 Å². The van der Waals surface area contributed by atoms with E-state index in [-0.39, 0.29) is 12.0 Å². The smallest absolute Gasteiger partial charge is 0.328 e. The van der Waals surface area contributed by atoms with Gasteiger partial charge in [0.2, 0.25) is 0 Å². The SMILES string of the molecule is CCCN1CCCC[C@H]1C(=O)Oc1c([C@H](C)C2CC2)cccc1[C@H](C)C1CC1. The molecule has 3 fully saturated rings. The molecule has 1 aromatic carbocycles. The molecule has 1 saturated heterocycles. The lowest BCUT2D eigenvalue weighted by atomic mass is 9.88. The number of rotatable bonds is 8. The second-order valence-electron chi connectivity index (χ2n) is 9.49. The Morgan fingerprint density at radius 1 is 1.04 bits per heavy atom. The first-order chi connectivity index (χ1) is 13.6. The van der Waals surface area contributed by atoms with Crippen LogP contribution < -0.4 is 4.74 Å². The number of carbonyl (C=O) groups excluding carboxylic acids is 1. The summed E-state index contributed by atoms with van der Waals surface area (Å²) in [5.74, 6) is 3.37. The molecule has 1 aliphatic heterocycles. The third kappa shape index (κ3) is 4.30. The summed E-state index contributed by atoms with van der Waals surface area (Å²) < 4.78 is 6.31. The number of nitrogens with zero attached hydrogens (tertiary/aromatic N) is 1. The summed E-state index contributed by atoms with van der Waals surface area (Å²) in [6.45, 7) is 8.85. The Balaban J connectivity index is 1.61. The summed E-state index contributed by atoms with van der Waals surface area (Å²) in [4.78, 5) is 15.7. The van der Waals surface area contributed by atoms with Crippen LogP contribution >= 0.6 is 0 Å². The second kappa shape index (κ2) is 8.57. The van der Waals surface area contributed by atoms with Gasteiger partial charge in [-0.1, -0.05) is 45.4 Å². The fourth-order valence-electron chi connectivity index (χ4n) is 5.09. The first-order valence-electron chi connectivity index (χ1n) is 11.7. The minimum atomic E-state index is -0.0675. The van der Waals surface area contributed by atoms with Crippen LogP contribution in [0.1, 0.15) is 95.1 Å². The van der Waals surface area contributed by atoms with E-state index in [1.807, 2.05) is 0 Å². The summed E-state index contributed by atoms with van der Waals surface area (Å²) in [7, 11) is 0. The normalized spacial score (nSPS) is 25.3. The maximum absolute atomic E-state index is 13.3. The zero-order chi connectivity index (χ0) is 19.7. The van der Waals surface area contributed by atoms with Gasteiger partial charge in [0.1, 0.15) is 11.8 Å². The van der Waals surface area contributed by atoms with Crippen molar-refractivity contribution in [2.24, 2.45) is 11.8 Å². The molecule has 0 aromatic heterocycles. The molecule has 28 heavy (non-hydrogen) atoms. The number of hydrogen-bond acceptors (Lipinski definition) is 3. The standard InChI is InChI=1S/C25H37NO2/c1-4-15-26-16-6-5-10-23(26)25(27)28-24-21(17(2)19-11-12-19)8-7-9-22(24)18(3)20-13-14-20/h7-9,17-20,23H,4-6,10-16H2,1-3H3/t17-,18-,23+/m1/s1. The minimum Gasteiger partial charge on any atom is -0.425 e. The molecular formula is C25H37NO2. The van der Waals surface area contributed by atoms with Gasteiger partial charge in [0.25, 0.3) is 0 Å². The zero-order valence-electron chi connectivity index (χ0n) is 18.0. The highest BCUT2D eigenvalue weighted by atomic mass is 16.5. The summed E-state index contributed by atoms with van der Waals surface area (Å²) in [5, 5.41) is 0. The molecule has 0 unspecified atom stereocenters. The van der Waals surface area contributed by atoms with Crippen molar-refractivity contribution in [3.63, 3.8) is 0 Å². The van der Waals surface area contributed by atoms with Crippen molar-refractivity contribution in [3.05, 3.63) is 29.3 Å². The summed E-state index contributed by atoms with van der Waals surface area (Å²) >= 11 is 0. The molecule has 2 aliphatic carbocycles. The van der Waals surface area contributed by atoms with Gasteiger partial charge < -0.3 is 4.74 Å². The first-order valence-corrected chi connectivity index (χ1v) is 11.7. The summed E-state index contributed by atoms with van der Waals surface area (Å²) in [6, 6.07) is 6.53. The molecular weight excluding hydrogens is 346 g/mol. The zero-order valence-corrected chi connectivity index (χ0v) is 18.0. The van der Waals surface area contributed by atoms with E-state index in [2.05, 4.69) is 43.9 Å². The molecule has 154 valence electrons. The maximum atomic E-state index is 13.3. The van der Waals surface area contributed by atoms with Crippen molar-refractivity contribution in [3.8, 4) is 5.75 Å². The van der Waals surface area contributed by atoms with Gasteiger partial charge in [-0.3, -0.25) is 4.90 Å². The predicted molar refractivity (Wildman–Crippen MR) is 114 cm³/mol. The molecule has 0 radical (unpaired) electrons. The molecule has 0 bridgehead atoms. The number of benzene rings is 1. The van der Waals surface area contributed by atoms with Crippen LogP contribution in [-0.2, 0) is 4.79 Å². The van der Waals surface area contributed by atoms with Crippen LogP contribution in [0.25, 0.3) is 0 Å². The van der Waals surface area contributed by atoms with E-state index >= 15 is 0 Å². The highest BCUT2D eigenvalue weighted by molar-refractivity contribution is 5.79. The van der Waals surface area contributed by atoms with Crippen LogP contribution in [0.2, 0.25) is 0 Å². The molecule has 3 heteroatoms. The molecule has 1 aromatic rings. The van der Waals surface area contributed by atoms with Gasteiger partial charge in [-0.05, 0) is 92.8 Å². The van der Waals surface area contributed by atoms with Gasteiger partial charge in [-0.2, -0.15) is 0 Å². The second-order valence-corrected chi connectivity index (χ2v) is 9.49. The van der Waals surface area contributed by atoms with Gasteiger partial charge in [0.15, 0.2) is 0 Å². The molecule has 0 amide bonds. The topological polar surface area (TPSA) is 29.5 Å². The molecule has 4 rings (SSSR count).